The largest absolute Gasteiger partial charge is 0.355 e. The summed E-state index contributed by atoms with van der Waals surface area (Å²) >= 11 is 12.1. The Morgan fingerprint density at radius 2 is 1.87 bits per heavy atom. The first-order chi connectivity index (χ1) is 11.2. The summed E-state index contributed by atoms with van der Waals surface area (Å²) in [5.41, 5.74) is 1.04. The predicted molar refractivity (Wildman–Crippen MR) is 94.7 cm³/mol. The van der Waals surface area contributed by atoms with Gasteiger partial charge in [0.1, 0.15) is 0 Å². The monoisotopic (exact) mass is 349 g/mol. The molecule has 0 bridgehead atoms. The van der Waals surface area contributed by atoms with E-state index in [-0.39, 0.29) is 10.9 Å². The first-order valence-corrected chi connectivity index (χ1v) is 8.38. The van der Waals surface area contributed by atoms with Crippen molar-refractivity contribution in [1.29, 1.82) is 0 Å². The van der Waals surface area contributed by atoms with Gasteiger partial charge < -0.3 is 10.2 Å². The molecule has 0 aliphatic carbocycles. The van der Waals surface area contributed by atoms with Crippen LogP contribution in [0.2, 0.25) is 10.0 Å². The number of pyridine rings is 1. The Morgan fingerprint density at radius 3 is 2.65 bits per heavy atom. The number of aromatic nitrogens is 1. The number of nitrogens with one attached hydrogen (secondary N) is 1. The predicted octanol–water partition coefficient (Wildman–Crippen LogP) is 4.63. The maximum absolute atomic E-state index is 12.5. The Balaban J connectivity index is 1.85. The number of benzene rings is 1. The minimum Gasteiger partial charge on any atom is -0.355 e. The standard InChI is InChI=1S/C17H17Cl2N3O/c18-13-7-4-6-12(15(13)19)17(23)21-14-8-5-9-20-16(14)22-10-2-1-3-11-22/h4-9H,1-3,10-11H2,(H,21,23). The van der Waals surface area contributed by atoms with Gasteiger partial charge in [0, 0.05) is 19.3 Å². The molecule has 2 aromatic rings. The number of amides is 1. The number of nitrogens with zero attached hydrogens (tertiary/aromatic N) is 2. The number of rotatable bonds is 3. The zero-order valence-corrected chi connectivity index (χ0v) is 14.1. The fourth-order valence-corrected chi connectivity index (χ4v) is 3.11. The smallest absolute Gasteiger partial charge is 0.257 e. The third-order valence-electron chi connectivity index (χ3n) is 3.89. The highest BCUT2D eigenvalue weighted by molar-refractivity contribution is 6.44. The van der Waals surface area contributed by atoms with E-state index in [1.165, 1.54) is 6.42 Å². The molecule has 1 fully saturated rings. The second-order valence-corrected chi connectivity index (χ2v) is 6.26. The van der Waals surface area contributed by atoms with Gasteiger partial charge in [-0.25, -0.2) is 4.98 Å². The van der Waals surface area contributed by atoms with E-state index < -0.39 is 0 Å². The first-order valence-electron chi connectivity index (χ1n) is 7.62. The van der Waals surface area contributed by atoms with Gasteiger partial charge in [0.15, 0.2) is 5.82 Å². The number of hydrogen-bond acceptors (Lipinski definition) is 3. The van der Waals surface area contributed by atoms with Gasteiger partial charge >= 0.3 is 0 Å². The van der Waals surface area contributed by atoms with Gasteiger partial charge in [0.25, 0.3) is 5.91 Å². The van der Waals surface area contributed by atoms with Crippen LogP contribution in [0.1, 0.15) is 29.6 Å². The molecule has 1 amide bonds. The molecule has 0 atom stereocenters. The number of hydrogen-bond donors (Lipinski definition) is 1. The van der Waals surface area contributed by atoms with Crippen molar-refractivity contribution in [3.8, 4) is 0 Å². The molecular weight excluding hydrogens is 333 g/mol. The van der Waals surface area contributed by atoms with Crippen molar-refractivity contribution < 1.29 is 4.79 Å². The summed E-state index contributed by atoms with van der Waals surface area (Å²) in [6.45, 7) is 1.91. The number of carbonyl (C=O) groups excluding carboxylic acids is 1. The fraction of sp³-hybridized carbons (Fsp3) is 0.294. The lowest BCUT2D eigenvalue weighted by molar-refractivity contribution is 0.102. The van der Waals surface area contributed by atoms with Crippen LogP contribution in [0.4, 0.5) is 11.5 Å². The average Bonchev–Trinajstić information content (AvgIpc) is 2.58. The molecule has 1 aliphatic rings. The summed E-state index contributed by atoms with van der Waals surface area (Å²) < 4.78 is 0. The Hall–Kier alpha value is -1.78. The zero-order chi connectivity index (χ0) is 16.2. The van der Waals surface area contributed by atoms with E-state index in [9.17, 15) is 4.79 Å². The van der Waals surface area contributed by atoms with E-state index in [1.807, 2.05) is 12.1 Å². The van der Waals surface area contributed by atoms with Crippen molar-refractivity contribution in [2.75, 3.05) is 23.3 Å². The van der Waals surface area contributed by atoms with Crippen LogP contribution in [0.15, 0.2) is 36.5 Å². The quantitative estimate of drug-likeness (QED) is 0.878. The topological polar surface area (TPSA) is 45.2 Å². The summed E-state index contributed by atoms with van der Waals surface area (Å²) in [6, 6.07) is 8.68. The number of anilines is 2. The van der Waals surface area contributed by atoms with Crippen molar-refractivity contribution >= 4 is 40.6 Å². The van der Waals surface area contributed by atoms with Gasteiger partial charge in [-0.1, -0.05) is 29.3 Å². The third-order valence-corrected chi connectivity index (χ3v) is 4.71. The summed E-state index contributed by atoms with van der Waals surface area (Å²) in [6.07, 6.45) is 5.27. The number of piperidine rings is 1. The van der Waals surface area contributed by atoms with Crippen LogP contribution in [0, 0.1) is 0 Å². The minimum atomic E-state index is -0.288. The van der Waals surface area contributed by atoms with E-state index in [1.54, 1.807) is 24.4 Å². The molecule has 23 heavy (non-hydrogen) atoms. The molecule has 1 aromatic carbocycles. The fourth-order valence-electron chi connectivity index (χ4n) is 2.72. The van der Waals surface area contributed by atoms with Crippen LogP contribution >= 0.6 is 23.2 Å². The molecule has 0 saturated carbocycles. The average molecular weight is 350 g/mol. The molecule has 1 aromatic heterocycles. The lowest BCUT2D eigenvalue weighted by Crippen LogP contribution is -2.31. The molecule has 120 valence electrons. The van der Waals surface area contributed by atoms with E-state index >= 15 is 0 Å². The van der Waals surface area contributed by atoms with Crippen molar-refractivity contribution in [3.63, 3.8) is 0 Å². The lowest BCUT2D eigenvalue weighted by Gasteiger charge is -2.29. The molecule has 0 unspecified atom stereocenters. The van der Waals surface area contributed by atoms with E-state index in [4.69, 9.17) is 23.2 Å². The molecule has 0 radical (unpaired) electrons. The summed E-state index contributed by atoms with van der Waals surface area (Å²) in [7, 11) is 0. The Bertz CT molecular complexity index is 715. The van der Waals surface area contributed by atoms with Crippen LogP contribution in [-0.4, -0.2) is 24.0 Å². The van der Waals surface area contributed by atoms with E-state index in [2.05, 4.69) is 15.2 Å². The van der Waals surface area contributed by atoms with Crippen molar-refractivity contribution in [2.24, 2.45) is 0 Å². The maximum Gasteiger partial charge on any atom is 0.257 e. The van der Waals surface area contributed by atoms with Gasteiger partial charge in [0.05, 0.1) is 21.3 Å². The third kappa shape index (κ3) is 3.59. The van der Waals surface area contributed by atoms with E-state index in [0.29, 0.717) is 16.3 Å². The Morgan fingerprint density at radius 1 is 1.09 bits per heavy atom. The van der Waals surface area contributed by atoms with Crippen LogP contribution in [0.25, 0.3) is 0 Å². The summed E-state index contributed by atoms with van der Waals surface area (Å²) in [4.78, 5) is 19.2. The van der Waals surface area contributed by atoms with Crippen molar-refractivity contribution in [2.45, 2.75) is 19.3 Å². The first kappa shape index (κ1) is 16.1. The normalized spacial score (nSPS) is 14.6. The molecule has 6 heteroatoms. The van der Waals surface area contributed by atoms with Gasteiger partial charge in [0.2, 0.25) is 0 Å². The van der Waals surface area contributed by atoms with Crippen molar-refractivity contribution in [1.82, 2.24) is 4.98 Å². The van der Waals surface area contributed by atoms with Crippen LogP contribution < -0.4 is 10.2 Å². The highest BCUT2D eigenvalue weighted by atomic mass is 35.5. The molecule has 1 aliphatic heterocycles. The van der Waals surface area contributed by atoms with E-state index in [0.717, 1.165) is 31.7 Å². The Labute approximate surface area is 145 Å². The molecule has 1 saturated heterocycles. The summed E-state index contributed by atoms with van der Waals surface area (Å²) in [5, 5.41) is 3.53. The molecule has 4 nitrogen and oxygen atoms in total. The Kier molecular flexibility index (Phi) is 5.03. The van der Waals surface area contributed by atoms with Gasteiger partial charge in [-0.2, -0.15) is 0 Å². The van der Waals surface area contributed by atoms with Gasteiger partial charge in [-0.15, -0.1) is 0 Å². The van der Waals surface area contributed by atoms with Crippen molar-refractivity contribution in [3.05, 3.63) is 52.1 Å². The lowest BCUT2D eigenvalue weighted by atomic mass is 10.1. The second kappa shape index (κ2) is 7.20. The highest BCUT2D eigenvalue weighted by Crippen LogP contribution is 2.29. The minimum absolute atomic E-state index is 0.259. The van der Waals surface area contributed by atoms with Crippen LogP contribution in [0.5, 0.6) is 0 Å². The number of halogens is 2. The molecule has 0 spiro atoms. The maximum atomic E-state index is 12.5. The van der Waals surface area contributed by atoms with Crippen LogP contribution in [0.3, 0.4) is 0 Å². The van der Waals surface area contributed by atoms with Crippen LogP contribution in [-0.2, 0) is 0 Å². The SMILES string of the molecule is O=C(Nc1cccnc1N1CCCCC1)c1cccc(Cl)c1Cl. The number of carbonyl (C=O) groups is 1. The second-order valence-electron chi connectivity index (χ2n) is 5.48. The molecule has 2 heterocycles. The van der Waals surface area contributed by atoms with Gasteiger partial charge in [-0.3, -0.25) is 4.79 Å². The zero-order valence-electron chi connectivity index (χ0n) is 12.6. The molecule has 1 N–H and O–H groups in total. The molecule has 3 rings (SSSR count). The highest BCUT2D eigenvalue weighted by Gasteiger charge is 2.18. The summed E-state index contributed by atoms with van der Waals surface area (Å²) in [5.74, 6) is 0.516. The van der Waals surface area contributed by atoms with Gasteiger partial charge in [-0.05, 0) is 43.5 Å². The molecular formula is C17H17Cl2N3O.